The number of hydrogen-bond donors (Lipinski definition) is 2. The number of carbonyl (C=O) groups is 1. The zero-order valence-electron chi connectivity index (χ0n) is 14.5. The predicted molar refractivity (Wildman–Crippen MR) is 103 cm³/mol. The number of halogens is 1. The van der Waals surface area contributed by atoms with Crippen molar-refractivity contribution in [1.82, 2.24) is 15.1 Å². The molecule has 0 unspecified atom stereocenters. The van der Waals surface area contributed by atoms with Crippen molar-refractivity contribution in [3.63, 3.8) is 0 Å². The first-order chi connectivity index (χ1) is 10.5. The molecule has 23 heavy (non-hydrogen) atoms. The molecule has 1 saturated carbocycles. The van der Waals surface area contributed by atoms with E-state index in [1.165, 1.54) is 0 Å². The molecule has 2 rings (SSSR count). The molecule has 0 spiro atoms. The van der Waals surface area contributed by atoms with Gasteiger partial charge in [0.1, 0.15) is 0 Å². The summed E-state index contributed by atoms with van der Waals surface area (Å²) in [6.07, 6.45) is 4.58. The lowest BCUT2D eigenvalue weighted by Gasteiger charge is -2.30. The first-order valence-electron chi connectivity index (χ1n) is 8.41. The number of aliphatic imine (C=N–C) groups is 1. The van der Waals surface area contributed by atoms with Crippen molar-refractivity contribution in [3.8, 4) is 0 Å². The summed E-state index contributed by atoms with van der Waals surface area (Å²) in [5, 5.41) is 13.0. The predicted octanol–water partition coefficient (Wildman–Crippen LogP) is 1.29. The molecule has 6 nitrogen and oxygen atoms in total. The van der Waals surface area contributed by atoms with Gasteiger partial charge in [0.25, 0.3) is 0 Å². The average molecular weight is 438 g/mol. The summed E-state index contributed by atoms with van der Waals surface area (Å²) < 4.78 is 0. The lowest BCUT2D eigenvalue weighted by molar-refractivity contribution is -0.138. The molecule has 1 aliphatic heterocycles. The molecule has 7 heteroatoms. The fourth-order valence-corrected chi connectivity index (χ4v) is 3.55. The molecule has 1 aliphatic carbocycles. The number of rotatable bonds is 4. The largest absolute Gasteiger partial charge is 0.391 e. The Labute approximate surface area is 156 Å². The number of aliphatic hydroxyl groups excluding tert-OH is 1. The fraction of sp³-hybridized carbons (Fsp3) is 0.875. The van der Waals surface area contributed by atoms with Crippen LogP contribution in [0, 0.1) is 5.41 Å². The number of aliphatic hydroxyl groups is 1. The van der Waals surface area contributed by atoms with E-state index in [-0.39, 0.29) is 41.4 Å². The highest BCUT2D eigenvalue weighted by Crippen LogP contribution is 2.39. The van der Waals surface area contributed by atoms with Crippen LogP contribution < -0.4 is 5.32 Å². The molecule has 134 valence electrons. The van der Waals surface area contributed by atoms with Crippen LogP contribution >= 0.6 is 24.0 Å². The maximum Gasteiger partial charge on any atom is 0.230 e. The van der Waals surface area contributed by atoms with E-state index in [2.05, 4.69) is 10.2 Å². The van der Waals surface area contributed by atoms with E-state index in [9.17, 15) is 9.90 Å². The van der Waals surface area contributed by atoms with E-state index in [0.717, 1.165) is 51.2 Å². The Morgan fingerprint density at radius 2 is 2.04 bits per heavy atom. The van der Waals surface area contributed by atoms with Gasteiger partial charge in [-0.2, -0.15) is 0 Å². The lowest BCUT2D eigenvalue weighted by atomic mass is 9.85. The first-order valence-corrected chi connectivity index (χ1v) is 8.41. The van der Waals surface area contributed by atoms with E-state index >= 15 is 0 Å². The normalized spacial score (nSPS) is 23.6. The number of nitrogens with zero attached hydrogens (tertiary/aromatic N) is 3. The minimum Gasteiger partial charge on any atom is -0.391 e. The van der Waals surface area contributed by atoms with Gasteiger partial charge in [0.2, 0.25) is 5.91 Å². The first kappa shape index (κ1) is 20.5. The van der Waals surface area contributed by atoms with Crippen molar-refractivity contribution >= 4 is 35.8 Å². The summed E-state index contributed by atoms with van der Waals surface area (Å²) in [4.78, 5) is 21.1. The topological polar surface area (TPSA) is 68.2 Å². The molecule has 1 atom stereocenters. The Kier molecular flexibility index (Phi) is 8.06. The fourth-order valence-electron chi connectivity index (χ4n) is 3.55. The van der Waals surface area contributed by atoms with Gasteiger partial charge in [-0.3, -0.25) is 9.79 Å². The number of likely N-dealkylation sites (tertiary alicyclic amines) is 1. The molecular weight excluding hydrogens is 407 g/mol. The maximum absolute atomic E-state index is 12.6. The number of amides is 1. The zero-order valence-corrected chi connectivity index (χ0v) is 16.9. The molecule has 1 heterocycles. The third kappa shape index (κ3) is 4.95. The van der Waals surface area contributed by atoms with Crippen LogP contribution in [-0.2, 0) is 4.79 Å². The number of carbonyl (C=O) groups excluding carboxylic acids is 1. The molecule has 2 aliphatic rings. The Morgan fingerprint density at radius 3 is 2.52 bits per heavy atom. The smallest absolute Gasteiger partial charge is 0.230 e. The molecule has 0 bridgehead atoms. The van der Waals surface area contributed by atoms with Gasteiger partial charge in [-0.15, -0.1) is 24.0 Å². The molecule has 0 aromatic carbocycles. The minimum atomic E-state index is -0.331. The lowest BCUT2D eigenvalue weighted by Crippen LogP contribution is -2.44. The average Bonchev–Trinajstić information content (AvgIpc) is 3.12. The van der Waals surface area contributed by atoms with Gasteiger partial charge < -0.3 is 20.2 Å². The van der Waals surface area contributed by atoms with E-state index in [1.54, 1.807) is 4.90 Å². The minimum absolute atomic E-state index is 0. The van der Waals surface area contributed by atoms with Crippen LogP contribution in [0.3, 0.4) is 0 Å². The van der Waals surface area contributed by atoms with Crippen LogP contribution in [0.2, 0.25) is 0 Å². The number of nitrogens with one attached hydrogen (secondary N) is 1. The summed E-state index contributed by atoms with van der Waals surface area (Å²) in [6.45, 7) is 4.82. The molecular formula is C16H31IN4O2. The number of guanidine groups is 1. The highest BCUT2D eigenvalue weighted by Gasteiger charge is 2.42. The van der Waals surface area contributed by atoms with E-state index < -0.39 is 0 Å². The Bertz CT molecular complexity index is 422. The van der Waals surface area contributed by atoms with Gasteiger partial charge in [-0.25, -0.2) is 0 Å². The Morgan fingerprint density at radius 1 is 1.39 bits per heavy atom. The summed E-state index contributed by atoms with van der Waals surface area (Å²) in [5.74, 6) is 1.03. The number of hydrogen-bond acceptors (Lipinski definition) is 3. The van der Waals surface area contributed by atoms with E-state index in [0.29, 0.717) is 13.1 Å². The molecule has 1 saturated heterocycles. The molecule has 0 aromatic heterocycles. The van der Waals surface area contributed by atoms with Gasteiger partial charge in [0.05, 0.1) is 18.1 Å². The van der Waals surface area contributed by atoms with Crippen LogP contribution in [-0.4, -0.2) is 73.2 Å². The van der Waals surface area contributed by atoms with Gasteiger partial charge in [-0.05, 0) is 26.2 Å². The van der Waals surface area contributed by atoms with Gasteiger partial charge in [-0.1, -0.05) is 12.8 Å². The molecule has 1 amide bonds. The maximum atomic E-state index is 12.6. The second kappa shape index (κ2) is 9.05. The Balaban J connectivity index is 0.00000264. The van der Waals surface area contributed by atoms with Crippen LogP contribution in [0.1, 0.15) is 39.0 Å². The standard InChI is InChI=1S/C16H30N4O2.HI/c1-4-17-15(20-10-7-13(21)11-20)18-12-16(8-5-6-9-16)14(22)19(2)3;/h13,21H,4-12H2,1-3H3,(H,17,18);1H/t13-;/m1./s1. The quantitative estimate of drug-likeness (QED) is 0.395. The number of β-amino-alcohol motifs (C(OH)–C–C–N with tert-alkyl or cyclic N) is 1. The van der Waals surface area contributed by atoms with Crippen molar-refractivity contribution < 1.29 is 9.90 Å². The molecule has 2 N–H and O–H groups in total. The van der Waals surface area contributed by atoms with Crippen LogP contribution in [0.5, 0.6) is 0 Å². The van der Waals surface area contributed by atoms with Gasteiger partial charge in [0.15, 0.2) is 5.96 Å². The van der Waals surface area contributed by atoms with Crippen LogP contribution in [0.4, 0.5) is 0 Å². The van der Waals surface area contributed by atoms with Crippen molar-refractivity contribution in [2.45, 2.75) is 45.1 Å². The SMILES string of the molecule is CCNC(=NCC1(C(=O)N(C)C)CCCC1)N1CC[C@@H](O)C1.I. The summed E-state index contributed by atoms with van der Waals surface area (Å²) in [7, 11) is 3.66. The summed E-state index contributed by atoms with van der Waals surface area (Å²) in [5.41, 5.74) is -0.331. The molecule has 2 fully saturated rings. The molecule has 0 radical (unpaired) electrons. The summed E-state index contributed by atoms with van der Waals surface area (Å²) >= 11 is 0. The Hall–Kier alpha value is -0.570. The highest BCUT2D eigenvalue weighted by molar-refractivity contribution is 14.0. The van der Waals surface area contributed by atoms with Crippen molar-refractivity contribution in [1.29, 1.82) is 0 Å². The van der Waals surface area contributed by atoms with Crippen molar-refractivity contribution in [2.75, 3.05) is 40.3 Å². The third-order valence-electron chi connectivity index (χ3n) is 4.75. The summed E-state index contributed by atoms with van der Waals surface area (Å²) in [6, 6.07) is 0. The van der Waals surface area contributed by atoms with Crippen LogP contribution in [0.15, 0.2) is 4.99 Å². The van der Waals surface area contributed by atoms with Gasteiger partial charge >= 0.3 is 0 Å². The van der Waals surface area contributed by atoms with Gasteiger partial charge in [0, 0.05) is 33.7 Å². The van der Waals surface area contributed by atoms with Crippen molar-refractivity contribution in [3.05, 3.63) is 0 Å². The molecule has 0 aromatic rings. The monoisotopic (exact) mass is 438 g/mol. The third-order valence-corrected chi connectivity index (χ3v) is 4.75. The zero-order chi connectivity index (χ0) is 16.2. The second-order valence-electron chi connectivity index (χ2n) is 6.75. The highest BCUT2D eigenvalue weighted by atomic mass is 127. The second-order valence-corrected chi connectivity index (χ2v) is 6.75. The van der Waals surface area contributed by atoms with E-state index in [1.807, 2.05) is 21.0 Å². The van der Waals surface area contributed by atoms with E-state index in [4.69, 9.17) is 4.99 Å². The van der Waals surface area contributed by atoms with Crippen molar-refractivity contribution in [2.24, 2.45) is 10.4 Å². The van der Waals surface area contributed by atoms with Crippen LogP contribution in [0.25, 0.3) is 0 Å².